The number of carbonyl (C=O) groups excluding carboxylic acids is 2. The van der Waals surface area contributed by atoms with E-state index in [4.69, 9.17) is 19.2 Å². The largest absolute Gasteiger partial charge is 0.514 e. The number of fused-ring (bicyclic) bond motifs is 1. The van der Waals surface area contributed by atoms with Crippen LogP contribution in [-0.4, -0.2) is 23.9 Å². The number of hydrogen-bond donors (Lipinski definition) is 0. The first-order valence-electron chi connectivity index (χ1n) is 13.1. The number of alkyl halides is 3. The fourth-order valence-corrected chi connectivity index (χ4v) is 5.55. The number of cyclic esters (lactones) is 1. The molecule has 5 rings (SSSR count). The van der Waals surface area contributed by atoms with Crippen molar-refractivity contribution in [1.82, 2.24) is 0 Å². The van der Waals surface area contributed by atoms with Gasteiger partial charge in [0.15, 0.2) is 0 Å². The summed E-state index contributed by atoms with van der Waals surface area (Å²) in [5.74, 6) is 1.09. The number of ether oxygens (including phenoxy) is 3. The minimum atomic E-state index is -4.38. The van der Waals surface area contributed by atoms with Gasteiger partial charge in [0.1, 0.15) is 19.0 Å². The summed E-state index contributed by atoms with van der Waals surface area (Å²) < 4.78 is 53.4. The minimum absolute atomic E-state index is 0.0191. The third-order valence-corrected chi connectivity index (χ3v) is 7.70. The van der Waals surface area contributed by atoms with Crippen LogP contribution >= 0.6 is 0 Å². The normalized spacial score (nSPS) is 23.2. The van der Waals surface area contributed by atoms with Gasteiger partial charge in [-0.25, -0.2) is 4.79 Å². The lowest BCUT2D eigenvalue weighted by Crippen LogP contribution is -2.20. The minimum Gasteiger partial charge on any atom is -0.461 e. The van der Waals surface area contributed by atoms with Crippen molar-refractivity contribution in [2.75, 3.05) is 0 Å². The maximum atomic E-state index is 12.7. The lowest BCUT2D eigenvalue weighted by atomic mass is 9.78. The van der Waals surface area contributed by atoms with Crippen molar-refractivity contribution in [3.05, 3.63) is 64.7 Å². The Morgan fingerprint density at radius 2 is 1.74 bits per heavy atom. The summed E-state index contributed by atoms with van der Waals surface area (Å²) in [7, 11) is 0. The molecule has 6 nitrogen and oxygen atoms in total. The van der Waals surface area contributed by atoms with Gasteiger partial charge in [-0.1, -0.05) is 37.1 Å². The fourth-order valence-electron chi connectivity index (χ4n) is 5.55. The molecule has 0 N–H and O–H groups in total. The molecule has 2 aliphatic heterocycles. The van der Waals surface area contributed by atoms with Crippen LogP contribution in [0.5, 0.6) is 5.75 Å². The number of benzene rings is 2. The Hall–Kier alpha value is -3.36. The number of carbonyl (C=O) groups is 2. The SMILES string of the molecule is O=C(CC1CCC(CC2CCC(c3ccc4c(c3)OC(=O)OC4)=N2)CC1)OCc1ccc(C(F)(F)F)cc1. The summed E-state index contributed by atoms with van der Waals surface area (Å²) >= 11 is 0. The van der Waals surface area contributed by atoms with Crippen LogP contribution in [0.4, 0.5) is 18.0 Å². The summed E-state index contributed by atoms with van der Waals surface area (Å²) in [6.07, 6.45) is 2.23. The van der Waals surface area contributed by atoms with Gasteiger partial charge in [-0.3, -0.25) is 9.79 Å². The Bertz CT molecular complexity index is 1200. The Morgan fingerprint density at radius 3 is 2.47 bits per heavy atom. The molecule has 3 aliphatic rings. The summed E-state index contributed by atoms with van der Waals surface area (Å²) in [4.78, 5) is 28.7. The summed E-state index contributed by atoms with van der Waals surface area (Å²) in [6, 6.07) is 10.8. The van der Waals surface area contributed by atoms with E-state index in [9.17, 15) is 22.8 Å². The number of aliphatic imine (C=N–C) groups is 1. The van der Waals surface area contributed by atoms with Gasteiger partial charge in [0, 0.05) is 17.7 Å². The van der Waals surface area contributed by atoms with Gasteiger partial charge in [0.05, 0.1) is 11.6 Å². The molecule has 1 fully saturated rings. The fraction of sp³-hybridized carbons (Fsp3) is 0.483. The number of halogens is 3. The molecule has 38 heavy (non-hydrogen) atoms. The van der Waals surface area contributed by atoms with E-state index in [1.165, 1.54) is 12.1 Å². The maximum Gasteiger partial charge on any atom is 0.514 e. The first-order valence-corrected chi connectivity index (χ1v) is 13.1. The zero-order valence-electron chi connectivity index (χ0n) is 21.0. The van der Waals surface area contributed by atoms with Gasteiger partial charge in [-0.15, -0.1) is 0 Å². The second kappa shape index (κ2) is 11.2. The molecule has 0 saturated heterocycles. The molecular formula is C29H30F3NO5. The van der Waals surface area contributed by atoms with E-state index in [1.54, 1.807) is 0 Å². The van der Waals surface area contributed by atoms with Crippen LogP contribution in [0, 0.1) is 11.8 Å². The number of hydrogen-bond acceptors (Lipinski definition) is 6. The Kier molecular flexibility index (Phi) is 7.72. The standard InChI is InChI=1S/C29H30F3NO5/c30-29(31,32)23-9-5-20(6-10-23)16-36-27(34)14-19-3-1-18(2-4-19)13-24-11-12-25(33-24)21-7-8-22-17-37-28(35)38-26(22)15-21/h5-10,15,18-19,24H,1-4,11-14,16-17H2. The number of rotatable bonds is 7. The molecule has 1 unspecified atom stereocenters. The van der Waals surface area contributed by atoms with Crippen molar-refractivity contribution in [1.29, 1.82) is 0 Å². The zero-order chi connectivity index (χ0) is 26.7. The molecule has 1 saturated carbocycles. The van der Waals surface area contributed by atoms with E-state index in [2.05, 4.69) is 0 Å². The molecule has 1 aliphatic carbocycles. The van der Waals surface area contributed by atoms with Gasteiger partial charge >= 0.3 is 18.3 Å². The predicted octanol–water partition coefficient (Wildman–Crippen LogP) is 7.02. The van der Waals surface area contributed by atoms with E-state index in [0.717, 1.165) is 73.9 Å². The van der Waals surface area contributed by atoms with Gasteiger partial charge in [-0.05, 0) is 73.3 Å². The molecule has 2 aromatic rings. The van der Waals surface area contributed by atoms with Crippen molar-refractivity contribution >= 4 is 17.8 Å². The molecule has 202 valence electrons. The number of nitrogens with zero attached hydrogens (tertiary/aromatic N) is 1. The first-order chi connectivity index (χ1) is 18.2. The summed E-state index contributed by atoms with van der Waals surface area (Å²) in [6.45, 7) is 0.206. The molecule has 0 aromatic heterocycles. The van der Waals surface area contributed by atoms with E-state index < -0.39 is 17.9 Å². The van der Waals surface area contributed by atoms with Crippen LogP contribution in [0.2, 0.25) is 0 Å². The highest BCUT2D eigenvalue weighted by atomic mass is 19.4. The molecule has 9 heteroatoms. The predicted molar refractivity (Wildman–Crippen MR) is 133 cm³/mol. The Balaban J connectivity index is 1.04. The first kappa shape index (κ1) is 26.3. The van der Waals surface area contributed by atoms with E-state index in [-0.39, 0.29) is 31.1 Å². The van der Waals surface area contributed by atoms with Crippen molar-refractivity contribution in [2.24, 2.45) is 16.8 Å². The topological polar surface area (TPSA) is 74.2 Å². The molecule has 2 heterocycles. The van der Waals surface area contributed by atoms with Crippen molar-refractivity contribution in [2.45, 2.75) is 76.8 Å². The highest BCUT2D eigenvalue weighted by Crippen LogP contribution is 2.36. The van der Waals surface area contributed by atoms with Crippen molar-refractivity contribution in [3.63, 3.8) is 0 Å². The lowest BCUT2D eigenvalue weighted by Gasteiger charge is -2.29. The molecule has 0 spiro atoms. The highest BCUT2D eigenvalue weighted by molar-refractivity contribution is 6.02. The quantitative estimate of drug-likeness (QED) is 0.285. The Labute approximate surface area is 219 Å². The average molecular weight is 530 g/mol. The second-order valence-corrected chi connectivity index (χ2v) is 10.4. The van der Waals surface area contributed by atoms with Gasteiger partial charge in [-0.2, -0.15) is 13.2 Å². The van der Waals surface area contributed by atoms with Crippen LogP contribution < -0.4 is 4.74 Å². The third-order valence-electron chi connectivity index (χ3n) is 7.70. The highest BCUT2D eigenvalue weighted by Gasteiger charge is 2.30. The third kappa shape index (κ3) is 6.55. The van der Waals surface area contributed by atoms with E-state index in [0.29, 0.717) is 23.7 Å². The second-order valence-electron chi connectivity index (χ2n) is 10.4. The summed E-state index contributed by atoms with van der Waals surface area (Å²) in [5, 5.41) is 0. The maximum absolute atomic E-state index is 12.7. The van der Waals surface area contributed by atoms with Crippen LogP contribution in [-0.2, 0) is 33.7 Å². The van der Waals surface area contributed by atoms with Gasteiger partial charge in [0.2, 0.25) is 0 Å². The smallest absolute Gasteiger partial charge is 0.461 e. The molecule has 2 aromatic carbocycles. The molecule has 1 atom stereocenters. The van der Waals surface area contributed by atoms with Gasteiger partial charge in [0.25, 0.3) is 0 Å². The monoisotopic (exact) mass is 529 g/mol. The van der Waals surface area contributed by atoms with E-state index in [1.807, 2.05) is 18.2 Å². The van der Waals surface area contributed by atoms with Crippen LogP contribution in [0.25, 0.3) is 0 Å². The molecule has 0 bridgehead atoms. The van der Waals surface area contributed by atoms with Crippen molar-refractivity contribution < 1.29 is 37.0 Å². The molecule has 0 amide bonds. The van der Waals surface area contributed by atoms with Gasteiger partial charge < -0.3 is 14.2 Å². The van der Waals surface area contributed by atoms with Crippen molar-refractivity contribution in [3.8, 4) is 5.75 Å². The summed E-state index contributed by atoms with van der Waals surface area (Å²) in [5.41, 5.74) is 2.70. The number of esters is 1. The van der Waals surface area contributed by atoms with Crippen LogP contribution in [0.3, 0.4) is 0 Å². The van der Waals surface area contributed by atoms with Crippen LogP contribution in [0.1, 0.15) is 73.6 Å². The lowest BCUT2D eigenvalue weighted by molar-refractivity contribution is -0.146. The van der Waals surface area contributed by atoms with Crippen LogP contribution in [0.15, 0.2) is 47.5 Å². The zero-order valence-corrected chi connectivity index (χ0v) is 21.0. The Morgan fingerprint density at radius 1 is 1.00 bits per heavy atom. The van der Waals surface area contributed by atoms with E-state index >= 15 is 0 Å². The molecular weight excluding hydrogens is 499 g/mol. The molecule has 0 radical (unpaired) electrons. The average Bonchev–Trinajstić information content (AvgIpc) is 3.36.